The van der Waals surface area contributed by atoms with Gasteiger partial charge in [-0.15, -0.1) is 0 Å². The Hall–Kier alpha value is -3.77. The molecule has 37 heavy (non-hydrogen) atoms. The summed E-state index contributed by atoms with van der Waals surface area (Å²) < 4.78 is 5.68. The van der Waals surface area contributed by atoms with Gasteiger partial charge in [0.05, 0.1) is 23.9 Å². The molecule has 0 radical (unpaired) electrons. The van der Waals surface area contributed by atoms with E-state index in [4.69, 9.17) is 16.3 Å². The van der Waals surface area contributed by atoms with E-state index in [1.807, 2.05) is 24.3 Å². The van der Waals surface area contributed by atoms with Crippen molar-refractivity contribution in [1.29, 1.82) is 0 Å². The molecule has 3 aromatic rings. The lowest BCUT2D eigenvalue weighted by Crippen LogP contribution is -2.29. The maximum atomic E-state index is 13.5. The molecule has 5 rings (SSSR count). The van der Waals surface area contributed by atoms with Crippen LogP contribution in [0.25, 0.3) is 5.76 Å². The number of benzene rings is 3. The van der Waals surface area contributed by atoms with E-state index in [0.717, 1.165) is 29.7 Å². The first-order chi connectivity index (χ1) is 17.6. The summed E-state index contributed by atoms with van der Waals surface area (Å²) in [4.78, 5) is 28.1. The summed E-state index contributed by atoms with van der Waals surface area (Å²) in [5.74, 6) is -1.42. The zero-order valence-corrected chi connectivity index (χ0v) is 21.7. The second-order valence-corrected chi connectivity index (χ2v) is 10.9. The molecule has 1 saturated heterocycles. The Bertz CT molecular complexity index is 1440. The van der Waals surface area contributed by atoms with Gasteiger partial charge >= 0.3 is 0 Å². The first-order valence-corrected chi connectivity index (χ1v) is 12.6. The molecule has 0 bridgehead atoms. The molecule has 1 unspecified atom stereocenters. The molecule has 3 aromatic carbocycles. The fraction of sp³-hybridized carbons (Fsp3) is 0.267. The van der Waals surface area contributed by atoms with Gasteiger partial charge in [-0.2, -0.15) is 0 Å². The molecule has 1 atom stereocenters. The summed E-state index contributed by atoms with van der Waals surface area (Å²) in [6, 6.07) is 16.2. The van der Waals surface area contributed by atoms with E-state index >= 15 is 0 Å². The van der Waals surface area contributed by atoms with Gasteiger partial charge in [-0.1, -0.05) is 56.6 Å². The molecule has 190 valence electrons. The van der Waals surface area contributed by atoms with Crippen LogP contribution in [0, 0.1) is 0 Å². The van der Waals surface area contributed by atoms with Gasteiger partial charge in [0, 0.05) is 10.6 Å². The number of amides is 1. The van der Waals surface area contributed by atoms with Gasteiger partial charge < -0.3 is 14.9 Å². The van der Waals surface area contributed by atoms with E-state index in [1.54, 1.807) is 18.2 Å². The number of fused-ring (bicyclic) bond motifs is 1. The zero-order valence-electron chi connectivity index (χ0n) is 20.9. The number of aliphatic hydroxyl groups is 1. The number of ether oxygens (including phenoxy) is 1. The van der Waals surface area contributed by atoms with Crippen LogP contribution in [0.1, 0.15) is 55.5 Å². The van der Waals surface area contributed by atoms with Crippen molar-refractivity contribution in [2.24, 2.45) is 0 Å². The van der Waals surface area contributed by atoms with Gasteiger partial charge in [-0.25, -0.2) is 0 Å². The number of carbonyl (C=O) groups is 2. The number of Topliss-reactive ketones (excluding diaryl/α,β-unsaturated/α-hetero) is 1. The van der Waals surface area contributed by atoms with E-state index in [-0.39, 0.29) is 28.2 Å². The Balaban J connectivity index is 1.71. The van der Waals surface area contributed by atoms with Crippen molar-refractivity contribution >= 4 is 34.7 Å². The van der Waals surface area contributed by atoms with Crippen LogP contribution in [0.2, 0.25) is 5.02 Å². The fourth-order valence-electron chi connectivity index (χ4n) is 4.91. The Labute approximate surface area is 220 Å². The smallest absolute Gasteiger partial charge is 0.300 e. The lowest BCUT2D eigenvalue weighted by atomic mass is 9.85. The van der Waals surface area contributed by atoms with Crippen LogP contribution in [0.15, 0.2) is 66.2 Å². The number of carbonyl (C=O) groups excluding carboxylic acids is 2. The Morgan fingerprint density at radius 1 is 1.03 bits per heavy atom. The van der Waals surface area contributed by atoms with Crippen molar-refractivity contribution in [2.45, 2.75) is 45.1 Å². The zero-order chi connectivity index (χ0) is 26.5. The summed E-state index contributed by atoms with van der Waals surface area (Å²) >= 11 is 6.20. The number of halogens is 1. The van der Waals surface area contributed by atoms with Crippen molar-refractivity contribution in [1.82, 2.24) is 0 Å². The first-order valence-electron chi connectivity index (χ1n) is 12.2. The van der Waals surface area contributed by atoms with Crippen molar-refractivity contribution in [3.63, 3.8) is 0 Å². The fourth-order valence-corrected chi connectivity index (χ4v) is 5.08. The van der Waals surface area contributed by atoms with Crippen LogP contribution < -0.4 is 9.64 Å². The molecule has 2 aliphatic heterocycles. The molecular weight excluding hydrogens is 490 g/mol. The minimum absolute atomic E-state index is 0.0513. The molecule has 7 heteroatoms. The van der Waals surface area contributed by atoms with E-state index < -0.39 is 17.7 Å². The molecule has 2 heterocycles. The van der Waals surface area contributed by atoms with Crippen molar-refractivity contribution in [3.05, 3.63) is 93.5 Å². The predicted octanol–water partition coefficient (Wildman–Crippen LogP) is 6.29. The molecule has 0 saturated carbocycles. The van der Waals surface area contributed by atoms with Crippen LogP contribution in [-0.2, 0) is 21.4 Å². The lowest BCUT2D eigenvalue weighted by Gasteiger charge is -2.27. The molecule has 0 aromatic heterocycles. The van der Waals surface area contributed by atoms with E-state index in [2.05, 4.69) is 20.8 Å². The molecule has 1 amide bonds. The monoisotopic (exact) mass is 517 g/mol. The second-order valence-electron chi connectivity index (χ2n) is 10.4. The van der Waals surface area contributed by atoms with E-state index in [9.17, 15) is 19.8 Å². The van der Waals surface area contributed by atoms with Crippen LogP contribution in [0.4, 0.5) is 5.69 Å². The van der Waals surface area contributed by atoms with Crippen molar-refractivity contribution in [3.8, 4) is 11.5 Å². The number of rotatable bonds is 3. The van der Waals surface area contributed by atoms with Gasteiger partial charge in [-0.3, -0.25) is 14.5 Å². The molecule has 0 aliphatic carbocycles. The van der Waals surface area contributed by atoms with Gasteiger partial charge in [0.15, 0.2) is 0 Å². The molecule has 2 aliphatic rings. The molecule has 1 fully saturated rings. The Morgan fingerprint density at radius 2 is 1.76 bits per heavy atom. The number of anilines is 1. The summed E-state index contributed by atoms with van der Waals surface area (Å²) in [7, 11) is 0. The maximum absolute atomic E-state index is 13.5. The SMILES string of the molecule is CC(C)(C)c1ccc(C2/C(=C(/O)c3ccc4c(c3)CCCO4)C(=O)C(=O)N2c2cc(Cl)ccc2O)cc1. The summed E-state index contributed by atoms with van der Waals surface area (Å²) in [6.07, 6.45) is 1.65. The highest BCUT2D eigenvalue weighted by Gasteiger charge is 2.48. The quantitative estimate of drug-likeness (QED) is 0.242. The largest absolute Gasteiger partial charge is 0.507 e. The number of hydrogen-bond acceptors (Lipinski definition) is 5. The second kappa shape index (κ2) is 9.27. The van der Waals surface area contributed by atoms with E-state index in [0.29, 0.717) is 22.8 Å². The van der Waals surface area contributed by atoms with Crippen LogP contribution in [-0.4, -0.2) is 28.5 Å². The van der Waals surface area contributed by atoms with Crippen molar-refractivity contribution < 1.29 is 24.5 Å². The summed E-state index contributed by atoms with van der Waals surface area (Å²) in [5, 5.41) is 22.4. The normalized spacial score (nSPS) is 19.0. The predicted molar refractivity (Wildman–Crippen MR) is 143 cm³/mol. The highest BCUT2D eigenvalue weighted by molar-refractivity contribution is 6.52. The third kappa shape index (κ3) is 4.46. The van der Waals surface area contributed by atoms with Crippen LogP contribution in [0.5, 0.6) is 11.5 Å². The Morgan fingerprint density at radius 3 is 2.46 bits per heavy atom. The first kappa shape index (κ1) is 24.9. The van der Waals surface area contributed by atoms with Crippen molar-refractivity contribution in [2.75, 3.05) is 11.5 Å². The number of phenols is 1. The average Bonchev–Trinajstić information content (AvgIpc) is 3.14. The molecule has 0 spiro atoms. The summed E-state index contributed by atoms with van der Waals surface area (Å²) in [5.41, 5.74) is 3.00. The number of nitrogens with zero attached hydrogens (tertiary/aromatic N) is 1. The van der Waals surface area contributed by atoms with Gasteiger partial charge in [-0.05, 0) is 71.3 Å². The number of aliphatic hydroxyl groups excluding tert-OH is 1. The topological polar surface area (TPSA) is 87.1 Å². The van der Waals surface area contributed by atoms with Crippen LogP contribution in [0.3, 0.4) is 0 Å². The van der Waals surface area contributed by atoms with E-state index in [1.165, 1.54) is 23.1 Å². The molecule has 6 nitrogen and oxygen atoms in total. The third-order valence-electron chi connectivity index (χ3n) is 6.92. The minimum atomic E-state index is -0.967. The molecule has 2 N–H and O–H groups in total. The van der Waals surface area contributed by atoms with Gasteiger partial charge in [0.1, 0.15) is 17.3 Å². The third-order valence-corrected chi connectivity index (χ3v) is 7.15. The number of ketones is 1. The lowest BCUT2D eigenvalue weighted by molar-refractivity contribution is -0.132. The molecular formula is C30H28ClNO5. The van der Waals surface area contributed by atoms with Gasteiger partial charge in [0.25, 0.3) is 11.7 Å². The van der Waals surface area contributed by atoms with Gasteiger partial charge in [0.2, 0.25) is 0 Å². The summed E-state index contributed by atoms with van der Waals surface area (Å²) in [6.45, 7) is 6.92. The minimum Gasteiger partial charge on any atom is -0.507 e. The number of hydrogen-bond donors (Lipinski definition) is 2. The number of aryl methyl sites for hydroxylation is 1. The highest BCUT2D eigenvalue weighted by Crippen LogP contribution is 2.46. The Kier molecular flexibility index (Phi) is 6.24. The number of phenolic OH excluding ortho intramolecular Hbond substituents is 1. The maximum Gasteiger partial charge on any atom is 0.300 e. The highest BCUT2D eigenvalue weighted by atomic mass is 35.5. The number of aromatic hydroxyl groups is 1. The van der Waals surface area contributed by atoms with Crippen LogP contribution >= 0.6 is 11.6 Å². The average molecular weight is 518 g/mol. The standard InChI is InChI=1S/C30H28ClNO5/c1-30(2,3)20-9-6-17(7-10-20)26-25(27(34)19-8-13-24-18(15-19)5-4-14-37-24)28(35)29(36)32(26)22-16-21(31)11-12-23(22)33/h6-13,15-16,26,33-34H,4-5,14H2,1-3H3/b27-25-.